The Labute approximate surface area is 163 Å². The Bertz CT molecular complexity index is 726. The van der Waals surface area contributed by atoms with Gasteiger partial charge in [0.15, 0.2) is 0 Å². The molecule has 0 aromatic heterocycles. The van der Waals surface area contributed by atoms with Crippen LogP contribution in [-0.2, 0) is 9.59 Å². The monoisotopic (exact) mass is 395 g/mol. The number of halogens is 2. The predicted molar refractivity (Wildman–Crippen MR) is 100 cm³/mol. The van der Waals surface area contributed by atoms with Gasteiger partial charge >= 0.3 is 0 Å². The van der Waals surface area contributed by atoms with E-state index in [4.69, 9.17) is 0 Å². The summed E-state index contributed by atoms with van der Waals surface area (Å²) in [6, 6.07) is 3.19. The van der Waals surface area contributed by atoms with Crippen LogP contribution in [-0.4, -0.2) is 48.8 Å². The summed E-state index contributed by atoms with van der Waals surface area (Å²) < 4.78 is 27.1. The second-order valence-corrected chi connectivity index (χ2v) is 7.98. The molecule has 2 rings (SSSR count). The zero-order chi connectivity index (χ0) is 20.9. The van der Waals surface area contributed by atoms with Gasteiger partial charge in [0.1, 0.15) is 17.2 Å². The van der Waals surface area contributed by atoms with E-state index in [1.54, 1.807) is 4.90 Å². The Balaban J connectivity index is 1.79. The number of amides is 3. The molecule has 1 aromatic rings. The van der Waals surface area contributed by atoms with Gasteiger partial charge in [0, 0.05) is 31.6 Å². The molecule has 28 heavy (non-hydrogen) atoms. The largest absolute Gasteiger partial charge is 0.354 e. The average Bonchev–Trinajstić information content (AvgIpc) is 2.63. The van der Waals surface area contributed by atoms with Crippen LogP contribution >= 0.6 is 0 Å². The van der Waals surface area contributed by atoms with Crippen LogP contribution in [0, 0.1) is 23.0 Å². The number of nitrogens with zero attached hydrogens (tertiary/aromatic N) is 1. The van der Waals surface area contributed by atoms with Gasteiger partial charge in [-0.25, -0.2) is 8.78 Å². The molecule has 0 saturated carbocycles. The lowest BCUT2D eigenvalue weighted by Crippen LogP contribution is -2.49. The fourth-order valence-corrected chi connectivity index (χ4v) is 3.16. The molecule has 1 aliphatic rings. The van der Waals surface area contributed by atoms with Crippen molar-refractivity contribution >= 4 is 17.7 Å². The van der Waals surface area contributed by atoms with Crippen LogP contribution in [0.3, 0.4) is 0 Å². The van der Waals surface area contributed by atoms with Crippen LogP contribution in [0.4, 0.5) is 8.78 Å². The summed E-state index contributed by atoms with van der Waals surface area (Å²) in [7, 11) is 0. The molecular weight excluding hydrogens is 368 g/mol. The molecule has 0 bridgehead atoms. The Morgan fingerprint density at radius 2 is 1.71 bits per heavy atom. The number of piperidine rings is 1. The SMILES string of the molecule is CC(C)(C)C(=O)N1CCCC(C(=O)NCCNC(=O)c2c(F)cccc2F)C1. The molecule has 1 saturated heterocycles. The standard InChI is InChI=1S/C20H27F2N3O3/c1-20(2,3)19(28)25-11-5-6-13(12-25)17(26)23-9-10-24-18(27)16-14(21)7-4-8-15(16)22/h4,7-8,13H,5-6,9-12H2,1-3H3,(H,23,26)(H,24,27). The lowest BCUT2D eigenvalue weighted by Gasteiger charge is -2.35. The van der Waals surface area contributed by atoms with Crippen molar-refractivity contribution in [2.24, 2.45) is 11.3 Å². The van der Waals surface area contributed by atoms with Crippen molar-refractivity contribution in [2.75, 3.05) is 26.2 Å². The lowest BCUT2D eigenvalue weighted by molar-refractivity contribution is -0.142. The van der Waals surface area contributed by atoms with Crippen LogP contribution in [0.5, 0.6) is 0 Å². The summed E-state index contributed by atoms with van der Waals surface area (Å²) in [6.45, 7) is 6.72. The predicted octanol–water partition coefficient (Wildman–Crippen LogP) is 2.10. The van der Waals surface area contributed by atoms with E-state index in [9.17, 15) is 23.2 Å². The van der Waals surface area contributed by atoms with Gasteiger partial charge in [0.2, 0.25) is 11.8 Å². The molecule has 0 radical (unpaired) electrons. The molecule has 1 atom stereocenters. The van der Waals surface area contributed by atoms with E-state index in [1.807, 2.05) is 20.8 Å². The molecule has 1 unspecified atom stereocenters. The van der Waals surface area contributed by atoms with Crippen LogP contribution in [0.25, 0.3) is 0 Å². The molecule has 1 fully saturated rings. The molecule has 1 aliphatic heterocycles. The maximum atomic E-state index is 13.6. The van der Waals surface area contributed by atoms with Crippen molar-refractivity contribution in [3.8, 4) is 0 Å². The highest BCUT2D eigenvalue weighted by molar-refractivity contribution is 5.94. The van der Waals surface area contributed by atoms with E-state index in [2.05, 4.69) is 10.6 Å². The number of nitrogens with one attached hydrogen (secondary N) is 2. The van der Waals surface area contributed by atoms with Crippen LogP contribution in [0.1, 0.15) is 44.0 Å². The second kappa shape index (κ2) is 9.12. The number of hydrogen-bond donors (Lipinski definition) is 2. The van der Waals surface area contributed by atoms with Gasteiger partial charge in [0.25, 0.3) is 5.91 Å². The zero-order valence-electron chi connectivity index (χ0n) is 16.5. The third kappa shape index (κ3) is 5.50. The lowest BCUT2D eigenvalue weighted by atomic mass is 9.91. The molecule has 2 N–H and O–H groups in total. The van der Waals surface area contributed by atoms with E-state index in [0.717, 1.165) is 18.6 Å². The number of carbonyl (C=O) groups excluding carboxylic acids is 3. The summed E-state index contributed by atoms with van der Waals surface area (Å²) in [5.41, 5.74) is -1.14. The summed E-state index contributed by atoms with van der Waals surface area (Å²) in [5, 5.41) is 5.10. The van der Waals surface area contributed by atoms with E-state index in [0.29, 0.717) is 19.5 Å². The van der Waals surface area contributed by atoms with Crippen molar-refractivity contribution in [1.29, 1.82) is 0 Å². The van der Waals surface area contributed by atoms with Crippen molar-refractivity contribution in [2.45, 2.75) is 33.6 Å². The summed E-state index contributed by atoms with van der Waals surface area (Å²) in [5.74, 6) is -3.23. The molecule has 6 nitrogen and oxygen atoms in total. The third-order valence-corrected chi connectivity index (χ3v) is 4.62. The molecule has 1 heterocycles. The minimum absolute atomic E-state index is 0.0178. The van der Waals surface area contributed by atoms with E-state index in [1.165, 1.54) is 6.07 Å². The maximum absolute atomic E-state index is 13.6. The highest BCUT2D eigenvalue weighted by Gasteiger charge is 2.33. The first-order chi connectivity index (χ1) is 13.1. The van der Waals surface area contributed by atoms with Gasteiger partial charge in [-0.15, -0.1) is 0 Å². The zero-order valence-corrected chi connectivity index (χ0v) is 16.5. The third-order valence-electron chi connectivity index (χ3n) is 4.62. The van der Waals surface area contributed by atoms with Crippen molar-refractivity contribution < 1.29 is 23.2 Å². The minimum Gasteiger partial charge on any atom is -0.354 e. The Kier molecular flexibility index (Phi) is 7.10. The van der Waals surface area contributed by atoms with Crippen LogP contribution < -0.4 is 10.6 Å². The number of carbonyl (C=O) groups is 3. The Morgan fingerprint density at radius 1 is 1.11 bits per heavy atom. The first-order valence-electron chi connectivity index (χ1n) is 9.40. The minimum atomic E-state index is -0.938. The number of benzene rings is 1. The highest BCUT2D eigenvalue weighted by Crippen LogP contribution is 2.23. The van der Waals surface area contributed by atoms with Crippen LogP contribution in [0.2, 0.25) is 0 Å². The molecular formula is C20H27F2N3O3. The second-order valence-electron chi connectivity index (χ2n) is 7.98. The summed E-state index contributed by atoms with van der Waals surface area (Å²) in [4.78, 5) is 38.4. The summed E-state index contributed by atoms with van der Waals surface area (Å²) in [6.07, 6.45) is 1.44. The van der Waals surface area contributed by atoms with E-state index < -0.39 is 28.5 Å². The number of rotatable bonds is 5. The smallest absolute Gasteiger partial charge is 0.257 e. The molecule has 1 aromatic carbocycles. The van der Waals surface area contributed by atoms with Gasteiger partial charge in [-0.2, -0.15) is 0 Å². The van der Waals surface area contributed by atoms with E-state index >= 15 is 0 Å². The van der Waals surface area contributed by atoms with Gasteiger partial charge in [-0.1, -0.05) is 26.8 Å². The average molecular weight is 395 g/mol. The van der Waals surface area contributed by atoms with E-state index in [-0.39, 0.29) is 30.8 Å². The van der Waals surface area contributed by atoms with Crippen molar-refractivity contribution in [1.82, 2.24) is 15.5 Å². The quantitative estimate of drug-likeness (QED) is 0.750. The molecule has 154 valence electrons. The first kappa shape index (κ1) is 21.8. The van der Waals surface area contributed by atoms with Gasteiger partial charge < -0.3 is 15.5 Å². The Morgan fingerprint density at radius 3 is 2.32 bits per heavy atom. The topological polar surface area (TPSA) is 78.5 Å². The number of likely N-dealkylation sites (tertiary alicyclic amines) is 1. The van der Waals surface area contributed by atoms with Crippen molar-refractivity contribution in [3.63, 3.8) is 0 Å². The van der Waals surface area contributed by atoms with Crippen LogP contribution in [0.15, 0.2) is 18.2 Å². The molecule has 0 aliphatic carbocycles. The molecule has 8 heteroatoms. The molecule has 0 spiro atoms. The molecule has 3 amide bonds. The fourth-order valence-electron chi connectivity index (χ4n) is 3.16. The summed E-state index contributed by atoms with van der Waals surface area (Å²) >= 11 is 0. The number of hydrogen-bond acceptors (Lipinski definition) is 3. The maximum Gasteiger partial charge on any atom is 0.257 e. The normalized spacial score (nSPS) is 17.2. The van der Waals surface area contributed by atoms with Crippen molar-refractivity contribution in [3.05, 3.63) is 35.4 Å². The fraction of sp³-hybridized carbons (Fsp3) is 0.550. The first-order valence-corrected chi connectivity index (χ1v) is 9.40. The van der Waals surface area contributed by atoms with Gasteiger partial charge in [-0.3, -0.25) is 14.4 Å². The van der Waals surface area contributed by atoms with Gasteiger partial charge in [-0.05, 0) is 25.0 Å². The van der Waals surface area contributed by atoms with Gasteiger partial charge in [0.05, 0.1) is 5.92 Å². The Hall–Kier alpha value is -2.51. The highest BCUT2D eigenvalue weighted by atomic mass is 19.1.